The summed E-state index contributed by atoms with van der Waals surface area (Å²) in [5.74, 6) is 2.43. The van der Waals surface area contributed by atoms with Crippen LogP contribution in [0, 0.1) is 11.8 Å². The number of likely N-dealkylation sites (tertiary alicyclic amines) is 1. The first-order valence-electron chi connectivity index (χ1n) is 9.91. The Morgan fingerprint density at radius 3 is 2.24 bits per heavy atom. The Bertz CT molecular complexity index is 760. The average Bonchev–Trinajstić information content (AvgIpc) is 3.32. The molecule has 2 heterocycles. The number of thioether (sulfide) groups is 1. The fraction of sp³-hybridized carbons (Fsp3) is 0.478. The lowest BCUT2D eigenvalue weighted by Gasteiger charge is -2.25. The number of aromatic nitrogens is 1. The standard InChI is InChI=1S/C13H13NOS.C10H17NO2/c1-15-11-5-3-10(4-6-11)13-8-7-12(16-2)9-14-13;1-10(2,3)13-9(12)11-5-7-4-8(7)6-11/h3-9H,1-2H3;7-8H,4-6H2,1-3H3. The van der Waals surface area contributed by atoms with Gasteiger partial charge in [-0.3, -0.25) is 4.98 Å². The van der Waals surface area contributed by atoms with Crippen molar-refractivity contribution < 1.29 is 14.3 Å². The predicted octanol–water partition coefficient (Wildman–Crippen LogP) is 5.35. The Morgan fingerprint density at radius 1 is 1.10 bits per heavy atom. The molecule has 29 heavy (non-hydrogen) atoms. The van der Waals surface area contributed by atoms with Crippen LogP contribution in [-0.4, -0.2) is 48.0 Å². The van der Waals surface area contributed by atoms with Crippen LogP contribution in [0.5, 0.6) is 5.75 Å². The topological polar surface area (TPSA) is 51.7 Å². The normalized spacial score (nSPS) is 19.7. The molecule has 4 rings (SSSR count). The molecule has 2 aliphatic rings. The minimum absolute atomic E-state index is 0.139. The summed E-state index contributed by atoms with van der Waals surface area (Å²) in [5, 5.41) is 0. The summed E-state index contributed by atoms with van der Waals surface area (Å²) < 4.78 is 10.4. The van der Waals surface area contributed by atoms with Crippen molar-refractivity contribution in [1.82, 2.24) is 9.88 Å². The van der Waals surface area contributed by atoms with Gasteiger partial charge in [-0.1, -0.05) is 0 Å². The maximum Gasteiger partial charge on any atom is 0.410 e. The van der Waals surface area contributed by atoms with Crippen molar-refractivity contribution in [2.75, 3.05) is 26.5 Å². The van der Waals surface area contributed by atoms with E-state index >= 15 is 0 Å². The highest BCUT2D eigenvalue weighted by molar-refractivity contribution is 7.98. The lowest BCUT2D eigenvalue weighted by atomic mass is 10.1. The summed E-state index contributed by atoms with van der Waals surface area (Å²) in [4.78, 5) is 19.0. The number of rotatable bonds is 3. The monoisotopic (exact) mass is 414 g/mol. The third kappa shape index (κ3) is 6.13. The van der Waals surface area contributed by atoms with Gasteiger partial charge in [0.2, 0.25) is 0 Å². The molecule has 2 fully saturated rings. The van der Waals surface area contributed by atoms with Crippen molar-refractivity contribution >= 4 is 17.9 Å². The maximum absolute atomic E-state index is 11.5. The minimum Gasteiger partial charge on any atom is -0.497 e. The van der Waals surface area contributed by atoms with Crippen molar-refractivity contribution in [3.05, 3.63) is 42.6 Å². The van der Waals surface area contributed by atoms with Crippen LogP contribution in [-0.2, 0) is 4.74 Å². The quantitative estimate of drug-likeness (QED) is 0.634. The number of carbonyl (C=O) groups excluding carboxylic acids is 1. The Hall–Kier alpha value is -2.21. The Labute approximate surface area is 177 Å². The van der Waals surface area contributed by atoms with Crippen molar-refractivity contribution in [2.24, 2.45) is 11.8 Å². The van der Waals surface area contributed by atoms with Crippen LogP contribution in [0.25, 0.3) is 11.3 Å². The van der Waals surface area contributed by atoms with Gasteiger partial charge in [0, 0.05) is 29.7 Å². The molecule has 2 aromatic rings. The maximum atomic E-state index is 11.5. The predicted molar refractivity (Wildman–Crippen MR) is 117 cm³/mol. The van der Waals surface area contributed by atoms with Gasteiger partial charge in [-0.25, -0.2) is 4.79 Å². The van der Waals surface area contributed by atoms with Crippen LogP contribution in [0.2, 0.25) is 0 Å². The second-order valence-electron chi connectivity index (χ2n) is 8.45. The third-order valence-electron chi connectivity index (χ3n) is 4.99. The second-order valence-corrected chi connectivity index (χ2v) is 9.33. The van der Waals surface area contributed by atoms with Crippen LogP contribution in [0.3, 0.4) is 0 Å². The average molecular weight is 415 g/mol. The molecule has 1 aromatic carbocycles. The first-order chi connectivity index (χ1) is 13.8. The summed E-state index contributed by atoms with van der Waals surface area (Å²) in [5.41, 5.74) is 1.73. The van der Waals surface area contributed by atoms with E-state index < -0.39 is 0 Å². The lowest BCUT2D eigenvalue weighted by Crippen LogP contribution is -2.36. The fourth-order valence-electron chi connectivity index (χ4n) is 3.31. The molecular formula is C23H30N2O3S. The number of carbonyl (C=O) groups is 1. The second kappa shape index (κ2) is 9.08. The van der Waals surface area contributed by atoms with Gasteiger partial charge in [0.15, 0.2) is 0 Å². The zero-order valence-electron chi connectivity index (χ0n) is 17.8. The highest BCUT2D eigenvalue weighted by Gasteiger charge is 2.47. The number of nitrogens with zero attached hydrogens (tertiary/aromatic N) is 2. The van der Waals surface area contributed by atoms with Gasteiger partial charge in [-0.15, -0.1) is 11.8 Å². The molecule has 1 saturated heterocycles. The number of piperidine rings is 1. The van der Waals surface area contributed by atoms with Gasteiger partial charge in [-0.2, -0.15) is 0 Å². The van der Waals surface area contributed by atoms with E-state index in [2.05, 4.69) is 11.1 Å². The van der Waals surface area contributed by atoms with Crippen LogP contribution >= 0.6 is 11.8 Å². The fourth-order valence-corrected chi connectivity index (χ4v) is 3.67. The molecule has 1 amide bonds. The highest BCUT2D eigenvalue weighted by atomic mass is 32.2. The molecule has 1 aliphatic carbocycles. The molecule has 0 N–H and O–H groups in total. The lowest BCUT2D eigenvalue weighted by molar-refractivity contribution is 0.0274. The SMILES string of the molecule is CC(C)(C)OC(=O)N1CC2CC2C1.COc1ccc(-c2ccc(SC)cn2)cc1. The zero-order chi connectivity index (χ0) is 21.0. The van der Waals surface area contributed by atoms with Crippen molar-refractivity contribution in [3.8, 4) is 17.0 Å². The Morgan fingerprint density at radius 2 is 1.76 bits per heavy atom. The van der Waals surface area contributed by atoms with Crippen LogP contribution in [0.15, 0.2) is 47.5 Å². The molecule has 6 heteroatoms. The van der Waals surface area contributed by atoms with Gasteiger partial charge >= 0.3 is 6.09 Å². The van der Waals surface area contributed by atoms with Crippen molar-refractivity contribution in [2.45, 2.75) is 37.7 Å². The Balaban J connectivity index is 0.000000169. The summed E-state index contributed by atoms with van der Waals surface area (Å²) in [6, 6.07) is 12.0. The number of hydrogen-bond donors (Lipinski definition) is 0. The molecule has 1 aliphatic heterocycles. The van der Waals surface area contributed by atoms with Gasteiger partial charge in [-0.05, 0) is 81.7 Å². The van der Waals surface area contributed by atoms with Gasteiger partial charge in [0.25, 0.3) is 0 Å². The molecule has 1 saturated carbocycles. The van der Waals surface area contributed by atoms with E-state index in [9.17, 15) is 4.79 Å². The van der Waals surface area contributed by atoms with Gasteiger partial charge in [0.1, 0.15) is 11.4 Å². The van der Waals surface area contributed by atoms with E-state index in [1.807, 2.05) is 68.5 Å². The molecule has 0 radical (unpaired) electrons. The Kier molecular flexibility index (Phi) is 6.73. The first kappa shape index (κ1) is 21.5. The number of methoxy groups -OCH3 is 1. The highest BCUT2D eigenvalue weighted by Crippen LogP contribution is 2.45. The van der Waals surface area contributed by atoms with E-state index in [-0.39, 0.29) is 11.7 Å². The van der Waals surface area contributed by atoms with Crippen LogP contribution in [0.1, 0.15) is 27.2 Å². The molecule has 5 nitrogen and oxygen atoms in total. The molecule has 2 unspecified atom stereocenters. The summed E-state index contributed by atoms with van der Waals surface area (Å²) in [6.07, 6.45) is 5.12. The number of benzene rings is 1. The van der Waals surface area contributed by atoms with Gasteiger partial charge < -0.3 is 14.4 Å². The number of fused-ring (bicyclic) bond motifs is 1. The molecule has 1 aromatic heterocycles. The van der Waals surface area contributed by atoms with E-state index in [4.69, 9.17) is 9.47 Å². The smallest absolute Gasteiger partial charge is 0.410 e. The number of ether oxygens (including phenoxy) is 2. The largest absolute Gasteiger partial charge is 0.497 e. The van der Waals surface area contributed by atoms with Crippen molar-refractivity contribution in [3.63, 3.8) is 0 Å². The van der Waals surface area contributed by atoms with Gasteiger partial charge in [0.05, 0.1) is 12.8 Å². The molecule has 2 atom stereocenters. The first-order valence-corrected chi connectivity index (χ1v) is 11.1. The zero-order valence-corrected chi connectivity index (χ0v) is 18.7. The van der Waals surface area contributed by atoms with E-state index in [0.29, 0.717) is 0 Å². The van der Waals surface area contributed by atoms with Crippen LogP contribution < -0.4 is 4.74 Å². The summed E-state index contributed by atoms with van der Waals surface area (Å²) >= 11 is 1.70. The minimum atomic E-state index is -0.357. The molecule has 0 bridgehead atoms. The molecular weight excluding hydrogens is 384 g/mol. The third-order valence-corrected chi connectivity index (χ3v) is 5.70. The molecule has 0 spiro atoms. The number of amides is 1. The van der Waals surface area contributed by atoms with Crippen LogP contribution in [0.4, 0.5) is 4.79 Å². The van der Waals surface area contributed by atoms with E-state index in [1.165, 1.54) is 11.3 Å². The van der Waals surface area contributed by atoms with E-state index in [1.54, 1.807) is 18.9 Å². The van der Waals surface area contributed by atoms with Crippen molar-refractivity contribution in [1.29, 1.82) is 0 Å². The van der Waals surface area contributed by atoms with E-state index in [0.717, 1.165) is 41.9 Å². The molecule has 156 valence electrons. The number of hydrogen-bond acceptors (Lipinski definition) is 5. The summed E-state index contributed by atoms with van der Waals surface area (Å²) in [6.45, 7) is 7.55. The summed E-state index contributed by atoms with van der Waals surface area (Å²) in [7, 11) is 1.67. The number of pyridine rings is 1.